The fraction of sp³-hybridized carbons (Fsp3) is 0.222. The smallest absolute Gasteiger partial charge is 0.264 e. The number of hydrogen-bond acceptors (Lipinski definition) is 4. The lowest BCUT2D eigenvalue weighted by Gasteiger charge is -2.22. The summed E-state index contributed by atoms with van der Waals surface area (Å²) in [5.74, 6) is -1.15. The van der Waals surface area contributed by atoms with Crippen LogP contribution >= 0.6 is 0 Å². The Labute approximate surface area is 133 Å². The van der Waals surface area contributed by atoms with Gasteiger partial charge in [-0.3, -0.25) is 9.59 Å². The van der Waals surface area contributed by atoms with Gasteiger partial charge in [0, 0.05) is 12.1 Å². The van der Waals surface area contributed by atoms with Crippen LogP contribution in [0, 0.1) is 0 Å². The van der Waals surface area contributed by atoms with Crippen LogP contribution in [0.3, 0.4) is 0 Å². The Kier molecular flexibility index (Phi) is 3.66. The third-order valence-electron chi connectivity index (χ3n) is 4.18. The molecule has 1 atom stereocenters. The van der Waals surface area contributed by atoms with E-state index in [4.69, 9.17) is 0 Å². The standard InChI is InChI=1S/C18H17NO4/c1-2-19-14-9-5-4-8-13(14)18(23,17(19)22)11-16(21)12-7-3-6-10-15(12)20/h3-10,20,23H,2,11H2,1H3/t18-/m1/s1. The predicted octanol–water partition coefficient (Wildman–Crippen LogP) is 2.22. The van der Waals surface area contributed by atoms with Gasteiger partial charge in [-0.05, 0) is 25.1 Å². The minimum Gasteiger partial charge on any atom is -0.507 e. The molecule has 5 nitrogen and oxygen atoms in total. The van der Waals surface area contributed by atoms with Crippen LogP contribution in [0.1, 0.15) is 29.3 Å². The largest absolute Gasteiger partial charge is 0.507 e. The van der Waals surface area contributed by atoms with Crippen molar-refractivity contribution in [3.8, 4) is 5.75 Å². The summed E-state index contributed by atoms with van der Waals surface area (Å²) in [6, 6.07) is 13.0. The topological polar surface area (TPSA) is 77.8 Å². The number of para-hydroxylation sites is 2. The lowest BCUT2D eigenvalue weighted by molar-refractivity contribution is -0.135. The molecule has 0 spiro atoms. The molecule has 1 amide bonds. The minimum atomic E-state index is -1.90. The van der Waals surface area contributed by atoms with Crippen molar-refractivity contribution in [2.24, 2.45) is 0 Å². The second kappa shape index (κ2) is 5.52. The highest BCUT2D eigenvalue weighted by Gasteiger charge is 2.50. The lowest BCUT2D eigenvalue weighted by Crippen LogP contribution is -2.41. The number of phenols is 1. The van der Waals surface area contributed by atoms with Gasteiger partial charge >= 0.3 is 0 Å². The van der Waals surface area contributed by atoms with E-state index in [1.54, 1.807) is 36.4 Å². The number of amides is 1. The summed E-state index contributed by atoms with van der Waals surface area (Å²) in [4.78, 5) is 26.6. The Morgan fingerprint density at radius 2 is 1.78 bits per heavy atom. The number of hydrogen-bond donors (Lipinski definition) is 2. The van der Waals surface area contributed by atoms with Crippen molar-refractivity contribution in [3.05, 3.63) is 59.7 Å². The van der Waals surface area contributed by atoms with Gasteiger partial charge in [-0.15, -0.1) is 0 Å². The number of carbonyl (C=O) groups excluding carboxylic acids is 2. The van der Waals surface area contributed by atoms with Crippen molar-refractivity contribution >= 4 is 17.4 Å². The summed E-state index contributed by atoms with van der Waals surface area (Å²) < 4.78 is 0. The highest BCUT2D eigenvalue weighted by Crippen LogP contribution is 2.42. The highest BCUT2D eigenvalue weighted by molar-refractivity contribution is 6.11. The van der Waals surface area contributed by atoms with Crippen LogP contribution in [0.2, 0.25) is 0 Å². The number of nitrogens with zero attached hydrogens (tertiary/aromatic N) is 1. The normalized spacial score (nSPS) is 19.7. The first-order valence-electron chi connectivity index (χ1n) is 7.44. The number of anilines is 1. The van der Waals surface area contributed by atoms with E-state index in [2.05, 4.69) is 0 Å². The van der Waals surface area contributed by atoms with E-state index >= 15 is 0 Å². The average Bonchev–Trinajstić information content (AvgIpc) is 2.76. The first-order valence-corrected chi connectivity index (χ1v) is 7.44. The Morgan fingerprint density at radius 3 is 2.48 bits per heavy atom. The van der Waals surface area contributed by atoms with E-state index in [1.807, 2.05) is 6.92 Å². The number of phenolic OH excluding ortho intramolecular Hbond substituents is 1. The fourth-order valence-corrected chi connectivity index (χ4v) is 3.03. The molecule has 1 heterocycles. The van der Waals surface area contributed by atoms with Gasteiger partial charge in [0.15, 0.2) is 11.4 Å². The molecule has 0 aliphatic carbocycles. The SMILES string of the molecule is CCN1C(=O)[C@@](O)(CC(=O)c2ccccc2O)c2ccccc21. The van der Waals surface area contributed by atoms with Crippen molar-refractivity contribution in [3.63, 3.8) is 0 Å². The first kappa shape index (κ1) is 15.2. The van der Waals surface area contributed by atoms with Crippen LogP contribution < -0.4 is 4.90 Å². The van der Waals surface area contributed by atoms with Crippen molar-refractivity contribution in [2.75, 3.05) is 11.4 Å². The quantitative estimate of drug-likeness (QED) is 0.849. The number of likely N-dealkylation sites (N-methyl/N-ethyl adjacent to an activating group) is 1. The van der Waals surface area contributed by atoms with Crippen molar-refractivity contribution in [1.29, 1.82) is 0 Å². The summed E-state index contributed by atoms with van der Waals surface area (Å²) in [5.41, 5.74) is -0.754. The molecule has 0 unspecified atom stereocenters. The van der Waals surface area contributed by atoms with Crippen LogP contribution in [0.4, 0.5) is 5.69 Å². The lowest BCUT2D eigenvalue weighted by atomic mass is 9.88. The zero-order chi connectivity index (χ0) is 16.6. The Hall–Kier alpha value is -2.66. The molecule has 23 heavy (non-hydrogen) atoms. The summed E-state index contributed by atoms with van der Waals surface area (Å²) in [6.07, 6.45) is -0.406. The number of carbonyl (C=O) groups is 2. The first-order chi connectivity index (χ1) is 11.0. The van der Waals surface area contributed by atoms with E-state index in [0.29, 0.717) is 17.8 Å². The maximum Gasteiger partial charge on any atom is 0.264 e. The van der Waals surface area contributed by atoms with Crippen LogP contribution in [-0.4, -0.2) is 28.4 Å². The molecular weight excluding hydrogens is 294 g/mol. The van der Waals surface area contributed by atoms with E-state index < -0.39 is 23.7 Å². The molecule has 0 aromatic heterocycles. The zero-order valence-corrected chi connectivity index (χ0v) is 12.7. The van der Waals surface area contributed by atoms with E-state index in [0.717, 1.165) is 0 Å². The second-order valence-electron chi connectivity index (χ2n) is 5.54. The third-order valence-corrected chi connectivity index (χ3v) is 4.18. The van der Waals surface area contributed by atoms with Gasteiger partial charge in [0.25, 0.3) is 5.91 Å². The molecule has 5 heteroatoms. The van der Waals surface area contributed by atoms with E-state index in [9.17, 15) is 19.8 Å². The minimum absolute atomic E-state index is 0.0983. The molecule has 0 radical (unpaired) electrons. The Morgan fingerprint density at radius 1 is 1.13 bits per heavy atom. The number of ketones is 1. The van der Waals surface area contributed by atoms with Gasteiger partial charge in [0.1, 0.15) is 5.75 Å². The zero-order valence-electron chi connectivity index (χ0n) is 12.7. The number of aromatic hydroxyl groups is 1. The van der Waals surface area contributed by atoms with Gasteiger partial charge < -0.3 is 15.1 Å². The van der Waals surface area contributed by atoms with Gasteiger partial charge in [0.2, 0.25) is 0 Å². The highest BCUT2D eigenvalue weighted by atomic mass is 16.3. The summed E-state index contributed by atoms with van der Waals surface area (Å²) in [7, 11) is 0. The molecule has 2 aromatic carbocycles. The number of fused-ring (bicyclic) bond motifs is 1. The van der Waals surface area contributed by atoms with Gasteiger partial charge in [-0.25, -0.2) is 0 Å². The molecule has 0 saturated carbocycles. The maximum absolute atomic E-state index is 12.6. The van der Waals surface area contributed by atoms with Gasteiger partial charge in [-0.2, -0.15) is 0 Å². The van der Waals surface area contributed by atoms with Gasteiger partial charge in [-0.1, -0.05) is 30.3 Å². The van der Waals surface area contributed by atoms with Crippen molar-refractivity contribution < 1.29 is 19.8 Å². The van der Waals surface area contributed by atoms with Crippen molar-refractivity contribution in [2.45, 2.75) is 18.9 Å². The van der Waals surface area contributed by atoms with E-state index in [1.165, 1.54) is 17.0 Å². The molecule has 0 bridgehead atoms. The third kappa shape index (κ3) is 2.29. The van der Waals surface area contributed by atoms with Gasteiger partial charge in [0.05, 0.1) is 17.7 Å². The Bertz CT molecular complexity index is 786. The van der Waals surface area contributed by atoms with Crippen LogP contribution in [0.25, 0.3) is 0 Å². The maximum atomic E-state index is 12.6. The summed E-state index contributed by atoms with van der Waals surface area (Å²) in [6.45, 7) is 2.22. The molecule has 118 valence electrons. The number of Topliss-reactive ketones (excluding diaryl/α,β-unsaturated/α-hetero) is 1. The number of rotatable bonds is 4. The molecular formula is C18H17NO4. The predicted molar refractivity (Wildman–Crippen MR) is 85.4 cm³/mol. The number of aliphatic hydroxyl groups is 1. The molecule has 3 rings (SSSR count). The molecule has 0 saturated heterocycles. The molecule has 1 aliphatic heterocycles. The van der Waals surface area contributed by atoms with Crippen LogP contribution in [0.15, 0.2) is 48.5 Å². The molecule has 2 N–H and O–H groups in total. The Balaban J connectivity index is 2.00. The van der Waals surface area contributed by atoms with Crippen molar-refractivity contribution in [1.82, 2.24) is 0 Å². The average molecular weight is 311 g/mol. The van der Waals surface area contributed by atoms with Crippen LogP contribution in [0.5, 0.6) is 5.75 Å². The number of benzene rings is 2. The molecule has 1 aliphatic rings. The molecule has 2 aromatic rings. The second-order valence-corrected chi connectivity index (χ2v) is 5.54. The fourth-order valence-electron chi connectivity index (χ4n) is 3.03. The van der Waals surface area contributed by atoms with E-state index in [-0.39, 0.29) is 11.3 Å². The summed E-state index contributed by atoms with van der Waals surface area (Å²) in [5, 5.41) is 20.7. The molecule has 0 fully saturated rings. The monoisotopic (exact) mass is 311 g/mol. The van der Waals surface area contributed by atoms with Crippen LogP contribution in [-0.2, 0) is 10.4 Å². The summed E-state index contributed by atoms with van der Waals surface area (Å²) >= 11 is 0.